The Bertz CT molecular complexity index is 442. The molecule has 1 N–H and O–H groups in total. The van der Waals surface area contributed by atoms with Gasteiger partial charge in [-0.05, 0) is 19.3 Å². The number of rotatable bonds is 2. The van der Waals surface area contributed by atoms with Crippen LogP contribution in [0.2, 0.25) is 0 Å². The molecular formula is C9H17NO4S2. The van der Waals surface area contributed by atoms with Gasteiger partial charge in [-0.25, -0.2) is 16.8 Å². The molecule has 7 heteroatoms. The molecular weight excluding hydrogens is 250 g/mol. The molecule has 16 heavy (non-hydrogen) atoms. The Hall–Kier alpha value is -0.140. The van der Waals surface area contributed by atoms with Crippen molar-refractivity contribution in [2.45, 2.75) is 31.3 Å². The van der Waals surface area contributed by atoms with E-state index in [9.17, 15) is 16.8 Å². The lowest BCUT2D eigenvalue weighted by Crippen LogP contribution is -2.54. The Morgan fingerprint density at radius 1 is 0.812 bits per heavy atom. The van der Waals surface area contributed by atoms with E-state index in [0.717, 1.165) is 6.42 Å². The second-order valence-electron chi connectivity index (χ2n) is 4.72. The molecule has 1 atom stereocenters. The largest absolute Gasteiger partial charge is 0.309 e. The Morgan fingerprint density at radius 2 is 1.50 bits per heavy atom. The fourth-order valence-corrected chi connectivity index (χ4v) is 5.05. The first-order chi connectivity index (χ1) is 7.36. The van der Waals surface area contributed by atoms with Crippen molar-refractivity contribution in [3.8, 4) is 0 Å². The Kier molecular flexibility index (Phi) is 3.29. The highest BCUT2D eigenvalue weighted by molar-refractivity contribution is 7.92. The van der Waals surface area contributed by atoms with Gasteiger partial charge in [0.1, 0.15) is 9.84 Å². The number of hydrogen-bond donors (Lipinski definition) is 1. The van der Waals surface area contributed by atoms with E-state index in [1.165, 1.54) is 0 Å². The first-order valence-electron chi connectivity index (χ1n) is 5.53. The minimum Gasteiger partial charge on any atom is -0.309 e. The van der Waals surface area contributed by atoms with Crippen molar-refractivity contribution < 1.29 is 16.8 Å². The van der Waals surface area contributed by atoms with Crippen LogP contribution in [0.4, 0.5) is 0 Å². The summed E-state index contributed by atoms with van der Waals surface area (Å²) >= 11 is 0. The van der Waals surface area contributed by atoms with Crippen LogP contribution >= 0.6 is 0 Å². The van der Waals surface area contributed by atoms with E-state index >= 15 is 0 Å². The van der Waals surface area contributed by atoms with Gasteiger partial charge in [0.15, 0.2) is 9.84 Å². The quantitative estimate of drug-likeness (QED) is 0.718. The molecule has 0 aliphatic carbocycles. The van der Waals surface area contributed by atoms with Gasteiger partial charge in [-0.3, -0.25) is 0 Å². The fourth-order valence-electron chi connectivity index (χ4n) is 2.28. The van der Waals surface area contributed by atoms with Crippen molar-refractivity contribution in [1.82, 2.24) is 5.32 Å². The van der Waals surface area contributed by atoms with Crippen molar-refractivity contribution in [3.63, 3.8) is 0 Å². The molecule has 2 heterocycles. The molecule has 0 aromatic rings. The summed E-state index contributed by atoms with van der Waals surface area (Å²) in [7, 11) is -5.65. The van der Waals surface area contributed by atoms with Gasteiger partial charge in [-0.15, -0.1) is 0 Å². The lowest BCUT2D eigenvalue weighted by Gasteiger charge is -2.30. The predicted molar refractivity (Wildman–Crippen MR) is 61.9 cm³/mol. The Morgan fingerprint density at radius 3 is 2.12 bits per heavy atom. The molecule has 0 aromatic carbocycles. The average Bonchev–Trinajstić information content (AvgIpc) is 2.25. The molecule has 94 valence electrons. The topological polar surface area (TPSA) is 80.3 Å². The summed E-state index contributed by atoms with van der Waals surface area (Å²) in [6.07, 6.45) is 2.12. The van der Waals surface area contributed by atoms with Gasteiger partial charge in [0.25, 0.3) is 0 Å². The summed E-state index contributed by atoms with van der Waals surface area (Å²) in [6.45, 7) is 0. The standard InChI is InChI=1S/C9H17NO4S2/c11-15(12)4-1-2-8(3-5-15)10-9-6-16(13,14)7-9/h8-10H,1-7H2. The predicted octanol–water partition coefficient (Wildman–Crippen LogP) is -0.660. The molecule has 2 saturated heterocycles. The van der Waals surface area contributed by atoms with E-state index < -0.39 is 19.7 Å². The summed E-state index contributed by atoms with van der Waals surface area (Å²) in [5.74, 6) is 0.908. The zero-order valence-corrected chi connectivity index (χ0v) is 10.7. The molecule has 0 amide bonds. The van der Waals surface area contributed by atoms with Gasteiger partial charge >= 0.3 is 0 Å². The number of sulfone groups is 2. The Balaban J connectivity index is 1.83. The maximum absolute atomic E-state index is 11.4. The van der Waals surface area contributed by atoms with Crippen LogP contribution in [-0.2, 0) is 19.7 Å². The van der Waals surface area contributed by atoms with E-state index in [0.29, 0.717) is 12.8 Å². The molecule has 1 unspecified atom stereocenters. The van der Waals surface area contributed by atoms with Gasteiger partial charge in [0.05, 0.1) is 23.0 Å². The summed E-state index contributed by atoms with van der Waals surface area (Å²) in [6, 6.07) is 0.202. The molecule has 2 aliphatic heterocycles. The van der Waals surface area contributed by atoms with Crippen LogP contribution in [0.3, 0.4) is 0 Å². The second kappa shape index (κ2) is 4.27. The highest BCUT2D eigenvalue weighted by atomic mass is 32.2. The summed E-state index contributed by atoms with van der Waals surface area (Å²) in [5.41, 5.74) is 0. The third-order valence-electron chi connectivity index (χ3n) is 3.17. The SMILES string of the molecule is O=S1(=O)CCCC(NC2CS(=O)(=O)C2)CC1. The molecule has 0 radical (unpaired) electrons. The van der Waals surface area contributed by atoms with Crippen LogP contribution in [0.15, 0.2) is 0 Å². The minimum absolute atomic E-state index is 0.0378. The second-order valence-corrected chi connectivity index (χ2v) is 9.18. The average molecular weight is 267 g/mol. The molecule has 0 bridgehead atoms. The molecule has 0 saturated carbocycles. The van der Waals surface area contributed by atoms with Gasteiger partial charge in [0, 0.05) is 12.1 Å². The molecule has 2 aliphatic rings. The van der Waals surface area contributed by atoms with Crippen molar-refractivity contribution in [2.24, 2.45) is 0 Å². The van der Waals surface area contributed by atoms with E-state index in [1.807, 2.05) is 0 Å². The highest BCUT2D eigenvalue weighted by Gasteiger charge is 2.35. The molecule has 0 spiro atoms. The molecule has 2 rings (SSSR count). The van der Waals surface area contributed by atoms with Crippen molar-refractivity contribution in [1.29, 1.82) is 0 Å². The molecule has 0 aromatic heterocycles. The third kappa shape index (κ3) is 3.18. The Labute approximate surface area is 96.4 Å². The van der Waals surface area contributed by atoms with Crippen molar-refractivity contribution in [3.05, 3.63) is 0 Å². The van der Waals surface area contributed by atoms with Crippen LogP contribution < -0.4 is 5.32 Å². The van der Waals surface area contributed by atoms with Crippen LogP contribution in [0.1, 0.15) is 19.3 Å². The maximum Gasteiger partial charge on any atom is 0.153 e. The zero-order chi connectivity index (χ0) is 11.8. The summed E-state index contributed by atoms with van der Waals surface area (Å²) < 4.78 is 44.7. The molecule has 2 fully saturated rings. The van der Waals surface area contributed by atoms with Crippen LogP contribution in [-0.4, -0.2) is 51.9 Å². The first kappa shape index (κ1) is 12.3. The fraction of sp³-hybridized carbons (Fsp3) is 1.00. The lowest BCUT2D eigenvalue weighted by molar-refractivity contribution is 0.414. The van der Waals surface area contributed by atoms with Crippen molar-refractivity contribution in [2.75, 3.05) is 23.0 Å². The van der Waals surface area contributed by atoms with Crippen molar-refractivity contribution >= 4 is 19.7 Å². The smallest absolute Gasteiger partial charge is 0.153 e. The first-order valence-corrected chi connectivity index (χ1v) is 9.17. The van der Waals surface area contributed by atoms with Gasteiger partial charge < -0.3 is 5.32 Å². The van der Waals surface area contributed by atoms with Crippen LogP contribution in [0, 0.1) is 0 Å². The zero-order valence-electron chi connectivity index (χ0n) is 9.05. The van der Waals surface area contributed by atoms with Gasteiger partial charge in [-0.2, -0.15) is 0 Å². The number of nitrogens with one attached hydrogen (secondary N) is 1. The number of hydrogen-bond acceptors (Lipinski definition) is 5. The monoisotopic (exact) mass is 267 g/mol. The summed E-state index contributed by atoms with van der Waals surface area (Å²) in [4.78, 5) is 0. The van der Waals surface area contributed by atoms with E-state index in [1.54, 1.807) is 0 Å². The normalized spacial score (nSPS) is 33.9. The van der Waals surface area contributed by atoms with E-state index in [2.05, 4.69) is 5.32 Å². The molecule has 5 nitrogen and oxygen atoms in total. The maximum atomic E-state index is 11.4. The minimum atomic E-state index is -2.86. The third-order valence-corrected chi connectivity index (χ3v) is 6.76. The van der Waals surface area contributed by atoms with E-state index in [4.69, 9.17) is 0 Å². The van der Waals surface area contributed by atoms with Crippen LogP contribution in [0.5, 0.6) is 0 Å². The van der Waals surface area contributed by atoms with Gasteiger partial charge in [0.2, 0.25) is 0 Å². The van der Waals surface area contributed by atoms with Gasteiger partial charge in [-0.1, -0.05) is 0 Å². The van der Waals surface area contributed by atoms with E-state index in [-0.39, 0.29) is 35.1 Å². The summed E-state index contributed by atoms with van der Waals surface area (Å²) in [5, 5.41) is 3.25. The highest BCUT2D eigenvalue weighted by Crippen LogP contribution is 2.17. The lowest BCUT2D eigenvalue weighted by atomic mass is 10.1. The van der Waals surface area contributed by atoms with Crippen LogP contribution in [0.25, 0.3) is 0 Å².